The highest BCUT2D eigenvalue weighted by molar-refractivity contribution is 5.83. The highest BCUT2D eigenvalue weighted by Crippen LogP contribution is 2.23. The summed E-state index contributed by atoms with van der Waals surface area (Å²) >= 11 is 0. The van der Waals surface area contributed by atoms with Crippen LogP contribution < -0.4 is 5.32 Å². The van der Waals surface area contributed by atoms with Crippen molar-refractivity contribution in [3.05, 3.63) is 66.7 Å². The average Bonchev–Trinajstić information content (AvgIpc) is 3.05. The van der Waals surface area contributed by atoms with Gasteiger partial charge in [-0.05, 0) is 24.3 Å². The second-order valence-corrected chi connectivity index (χ2v) is 5.04. The summed E-state index contributed by atoms with van der Waals surface area (Å²) in [5, 5.41) is 10.9. The highest BCUT2D eigenvalue weighted by Gasteiger charge is 2.06. The molecule has 0 unspecified atom stereocenters. The zero-order valence-electron chi connectivity index (χ0n) is 12.0. The predicted octanol–water partition coefficient (Wildman–Crippen LogP) is 3.90. The van der Waals surface area contributed by atoms with E-state index < -0.39 is 0 Å². The van der Waals surface area contributed by atoms with Crippen LogP contribution in [0.25, 0.3) is 22.2 Å². The van der Waals surface area contributed by atoms with Crippen LogP contribution in [0.1, 0.15) is 0 Å². The van der Waals surface area contributed by atoms with E-state index in [0.29, 0.717) is 11.6 Å². The molecule has 2 heterocycles. The van der Waals surface area contributed by atoms with Crippen molar-refractivity contribution in [3.8, 4) is 11.3 Å². The fourth-order valence-electron chi connectivity index (χ4n) is 2.36. The number of halogens is 1. The number of nitrogens with one attached hydrogen (secondary N) is 2. The van der Waals surface area contributed by atoms with Crippen molar-refractivity contribution in [2.75, 3.05) is 5.32 Å². The lowest BCUT2D eigenvalue weighted by Gasteiger charge is -2.07. The first kappa shape index (κ1) is 13.4. The largest absolute Gasteiger partial charge is 0.322 e. The molecule has 0 saturated heterocycles. The number of anilines is 2. The summed E-state index contributed by atoms with van der Waals surface area (Å²) < 4.78 is 13.7. The maximum Gasteiger partial charge on any atom is 0.227 e. The Bertz CT molecular complexity index is 979. The van der Waals surface area contributed by atoms with E-state index in [1.165, 1.54) is 6.07 Å². The van der Waals surface area contributed by atoms with Crippen LogP contribution in [0, 0.1) is 5.82 Å². The van der Waals surface area contributed by atoms with Gasteiger partial charge >= 0.3 is 0 Å². The number of benzene rings is 2. The molecule has 5 nitrogen and oxygen atoms in total. The van der Waals surface area contributed by atoms with Crippen LogP contribution in [0.15, 0.2) is 60.9 Å². The Kier molecular flexibility index (Phi) is 3.20. The third-order valence-corrected chi connectivity index (χ3v) is 3.51. The molecule has 0 radical (unpaired) electrons. The van der Waals surface area contributed by atoms with Crippen LogP contribution >= 0.6 is 0 Å². The number of rotatable bonds is 3. The second-order valence-electron chi connectivity index (χ2n) is 5.04. The molecule has 0 atom stereocenters. The Labute approximate surface area is 131 Å². The molecule has 23 heavy (non-hydrogen) atoms. The third-order valence-electron chi connectivity index (χ3n) is 3.51. The Morgan fingerprint density at radius 1 is 1.04 bits per heavy atom. The Hall–Kier alpha value is -3.28. The first-order valence-corrected chi connectivity index (χ1v) is 7.08. The van der Waals surface area contributed by atoms with E-state index in [4.69, 9.17) is 0 Å². The van der Waals surface area contributed by atoms with Crippen LogP contribution in [-0.4, -0.2) is 20.2 Å². The second kappa shape index (κ2) is 5.49. The quantitative estimate of drug-likeness (QED) is 0.602. The number of fused-ring (bicyclic) bond motifs is 1. The number of hydrogen-bond donors (Lipinski definition) is 2. The van der Waals surface area contributed by atoms with Gasteiger partial charge in [0.25, 0.3) is 0 Å². The van der Waals surface area contributed by atoms with Crippen molar-refractivity contribution >= 4 is 22.5 Å². The van der Waals surface area contributed by atoms with Crippen molar-refractivity contribution in [1.29, 1.82) is 0 Å². The number of hydrogen-bond acceptors (Lipinski definition) is 4. The molecule has 0 aliphatic rings. The Balaban J connectivity index is 1.69. The lowest BCUT2D eigenvalue weighted by Crippen LogP contribution is -1.99. The minimum absolute atomic E-state index is 0.341. The smallest absolute Gasteiger partial charge is 0.227 e. The first-order valence-electron chi connectivity index (χ1n) is 7.08. The van der Waals surface area contributed by atoms with Gasteiger partial charge in [-0.1, -0.05) is 24.3 Å². The minimum Gasteiger partial charge on any atom is -0.322 e. The van der Waals surface area contributed by atoms with Crippen LogP contribution in [-0.2, 0) is 0 Å². The number of aromatic nitrogens is 4. The zero-order valence-corrected chi connectivity index (χ0v) is 12.0. The van der Waals surface area contributed by atoms with E-state index in [1.54, 1.807) is 30.6 Å². The van der Waals surface area contributed by atoms with Gasteiger partial charge < -0.3 is 5.32 Å². The summed E-state index contributed by atoms with van der Waals surface area (Å²) in [6.45, 7) is 0. The van der Waals surface area contributed by atoms with E-state index in [-0.39, 0.29) is 5.82 Å². The molecule has 2 aromatic carbocycles. The molecule has 6 heteroatoms. The van der Waals surface area contributed by atoms with Gasteiger partial charge in [-0.25, -0.2) is 14.4 Å². The van der Waals surface area contributed by atoms with Crippen LogP contribution in [0.4, 0.5) is 16.0 Å². The molecule has 0 bridgehead atoms. The predicted molar refractivity (Wildman–Crippen MR) is 86.8 cm³/mol. The lowest BCUT2D eigenvalue weighted by molar-refractivity contribution is 0.631. The van der Waals surface area contributed by atoms with Crippen molar-refractivity contribution in [1.82, 2.24) is 20.2 Å². The van der Waals surface area contributed by atoms with Gasteiger partial charge in [-0.3, -0.25) is 5.10 Å². The molecule has 0 aliphatic heterocycles. The number of aromatic amines is 1. The number of para-hydroxylation sites is 1. The monoisotopic (exact) mass is 305 g/mol. The standard InChI is InChI=1S/C17H12FN5/c18-13-3-1-2-4-15(13)22-17-19-8-7-14(21-17)11-5-6-12-10-20-23-16(12)9-11/h1-10H,(H,20,23)(H,19,21,22). The summed E-state index contributed by atoms with van der Waals surface area (Å²) in [4.78, 5) is 8.59. The average molecular weight is 305 g/mol. The van der Waals surface area contributed by atoms with Gasteiger partial charge in [-0.2, -0.15) is 5.10 Å². The fraction of sp³-hybridized carbons (Fsp3) is 0. The molecule has 0 saturated carbocycles. The van der Waals surface area contributed by atoms with Crippen LogP contribution in [0.3, 0.4) is 0 Å². The summed E-state index contributed by atoms with van der Waals surface area (Å²) in [5.74, 6) is -0.00214. The van der Waals surface area contributed by atoms with E-state index >= 15 is 0 Å². The van der Waals surface area contributed by atoms with Crippen molar-refractivity contribution in [2.45, 2.75) is 0 Å². The maximum absolute atomic E-state index is 13.7. The molecule has 112 valence electrons. The van der Waals surface area contributed by atoms with E-state index in [9.17, 15) is 4.39 Å². The summed E-state index contributed by atoms with van der Waals surface area (Å²) in [6.07, 6.45) is 3.41. The van der Waals surface area contributed by atoms with Gasteiger partial charge in [0.05, 0.1) is 23.1 Å². The van der Waals surface area contributed by atoms with Crippen molar-refractivity contribution in [2.24, 2.45) is 0 Å². The van der Waals surface area contributed by atoms with Crippen molar-refractivity contribution in [3.63, 3.8) is 0 Å². The van der Waals surface area contributed by atoms with Crippen LogP contribution in [0.2, 0.25) is 0 Å². The molecule has 0 aliphatic carbocycles. The molecule has 0 amide bonds. The number of H-pyrrole nitrogens is 1. The SMILES string of the molecule is Fc1ccccc1Nc1nccc(-c2ccc3cn[nH]c3c2)n1. The fourth-order valence-corrected chi connectivity index (χ4v) is 2.36. The van der Waals surface area contributed by atoms with Gasteiger partial charge in [0.2, 0.25) is 5.95 Å². The van der Waals surface area contributed by atoms with Crippen molar-refractivity contribution < 1.29 is 4.39 Å². The van der Waals surface area contributed by atoms with Gasteiger partial charge in [0.15, 0.2) is 0 Å². The van der Waals surface area contributed by atoms with Gasteiger partial charge in [0, 0.05) is 17.1 Å². The molecule has 4 rings (SSSR count). The summed E-state index contributed by atoms with van der Waals surface area (Å²) in [7, 11) is 0. The first-order chi connectivity index (χ1) is 11.3. The molecular formula is C17H12FN5. The van der Waals surface area contributed by atoms with E-state index in [2.05, 4.69) is 25.5 Å². The summed E-state index contributed by atoms with van der Waals surface area (Å²) in [5.41, 5.74) is 2.95. The van der Waals surface area contributed by atoms with E-state index in [0.717, 1.165) is 22.2 Å². The minimum atomic E-state index is -0.347. The zero-order chi connectivity index (χ0) is 15.6. The molecule has 4 aromatic rings. The van der Waals surface area contributed by atoms with Crippen LogP contribution in [0.5, 0.6) is 0 Å². The molecule has 2 aromatic heterocycles. The molecule has 2 N–H and O–H groups in total. The molecule has 0 spiro atoms. The third kappa shape index (κ3) is 2.62. The van der Waals surface area contributed by atoms with E-state index in [1.807, 2.05) is 24.3 Å². The number of nitrogens with zero attached hydrogens (tertiary/aromatic N) is 3. The highest BCUT2D eigenvalue weighted by atomic mass is 19.1. The lowest BCUT2D eigenvalue weighted by atomic mass is 10.1. The summed E-state index contributed by atoms with van der Waals surface area (Å²) in [6, 6.07) is 14.1. The van der Waals surface area contributed by atoms with Gasteiger partial charge in [-0.15, -0.1) is 0 Å². The Morgan fingerprint density at radius 2 is 1.96 bits per heavy atom. The maximum atomic E-state index is 13.7. The Morgan fingerprint density at radius 3 is 2.87 bits per heavy atom. The van der Waals surface area contributed by atoms with Gasteiger partial charge in [0.1, 0.15) is 5.82 Å². The molecular weight excluding hydrogens is 293 g/mol. The molecule has 0 fully saturated rings. The topological polar surface area (TPSA) is 66.5 Å². The normalized spacial score (nSPS) is 10.8.